The molecule has 2 aromatic carbocycles. The second-order valence-electron chi connectivity index (χ2n) is 8.17. The predicted octanol–water partition coefficient (Wildman–Crippen LogP) is 6.32. The van der Waals surface area contributed by atoms with Crippen molar-refractivity contribution in [1.29, 1.82) is 0 Å². The number of cyclic esters (lactones) is 1. The Hall–Kier alpha value is -2.20. The van der Waals surface area contributed by atoms with Crippen LogP contribution < -0.4 is 0 Å². The second kappa shape index (κ2) is 9.08. The van der Waals surface area contributed by atoms with Gasteiger partial charge < -0.3 is 9.84 Å². The van der Waals surface area contributed by atoms with Gasteiger partial charge in [0.05, 0.1) is 0 Å². The number of rotatable bonds is 6. The number of ether oxygens (including phenoxy) is 1. The van der Waals surface area contributed by atoms with Crippen LogP contribution in [0, 0.1) is 33.6 Å². The molecular formula is C25H30O3S. The maximum atomic E-state index is 12.8. The van der Waals surface area contributed by atoms with Crippen molar-refractivity contribution >= 4 is 23.3 Å². The lowest BCUT2D eigenvalue weighted by molar-refractivity contribution is -0.146. The summed E-state index contributed by atoms with van der Waals surface area (Å²) in [6.45, 7) is 10.2. The third-order valence-electron chi connectivity index (χ3n) is 5.57. The van der Waals surface area contributed by atoms with Crippen molar-refractivity contribution in [1.82, 2.24) is 0 Å². The number of hydrogen-bond acceptors (Lipinski definition) is 4. The van der Waals surface area contributed by atoms with E-state index in [0.717, 1.165) is 34.4 Å². The van der Waals surface area contributed by atoms with Crippen LogP contribution in [0.1, 0.15) is 47.6 Å². The maximum absolute atomic E-state index is 12.8. The predicted molar refractivity (Wildman–Crippen MR) is 120 cm³/mol. The van der Waals surface area contributed by atoms with Gasteiger partial charge >= 0.3 is 5.97 Å². The van der Waals surface area contributed by atoms with Crippen molar-refractivity contribution in [3.8, 4) is 0 Å². The Balaban J connectivity index is 1.67. The van der Waals surface area contributed by atoms with Gasteiger partial charge in [0.25, 0.3) is 0 Å². The number of carbonyl (C=O) groups is 1. The minimum Gasteiger partial charge on any atom is -0.511 e. The highest BCUT2D eigenvalue weighted by Crippen LogP contribution is 2.35. The molecule has 4 heteroatoms. The molecule has 0 saturated carbocycles. The Bertz CT molecular complexity index is 905. The third kappa shape index (κ3) is 5.05. The Morgan fingerprint density at radius 2 is 1.69 bits per heavy atom. The van der Waals surface area contributed by atoms with Crippen molar-refractivity contribution in [3.63, 3.8) is 0 Å². The Labute approximate surface area is 178 Å². The van der Waals surface area contributed by atoms with Crippen LogP contribution in [0.25, 0.3) is 5.57 Å². The zero-order valence-electron chi connectivity index (χ0n) is 17.9. The number of esters is 1. The Morgan fingerprint density at radius 1 is 1.07 bits per heavy atom. The van der Waals surface area contributed by atoms with Crippen molar-refractivity contribution < 1.29 is 14.6 Å². The normalized spacial score (nSPS) is 18.0. The average molecular weight is 411 g/mol. The zero-order chi connectivity index (χ0) is 21.1. The summed E-state index contributed by atoms with van der Waals surface area (Å²) in [5.74, 6) is 0.873. The van der Waals surface area contributed by atoms with Crippen molar-refractivity contribution in [2.24, 2.45) is 5.92 Å². The molecule has 3 rings (SSSR count). The van der Waals surface area contributed by atoms with Crippen LogP contribution in [0.15, 0.2) is 47.1 Å². The van der Waals surface area contributed by atoms with Crippen LogP contribution in [0.3, 0.4) is 0 Å². The topological polar surface area (TPSA) is 46.5 Å². The Kier molecular flexibility index (Phi) is 6.74. The maximum Gasteiger partial charge on any atom is 0.342 e. The van der Waals surface area contributed by atoms with Gasteiger partial charge in [0.1, 0.15) is 17.4 Å². The third-order valence-corrected chi connectivity index (χ3v) is 6.62. The lowest BCUT2D eigenvalue weighted by Crippen LogP contribution is -2.31. The molecule has 0 bridgehead atoms. The summed E-state index contributed by atoms with van der Waals surface area (Å²) < 4.78 is 5.78. The van der Waals surface area contributed by atoms with E-state index in [0.29, 0.717) is 12.0 Å². The van der Waals surface area contributed by atoms with E-state index in [1.807, 2.05) is 44.7 Å². The van der Waals surface area contributed by atoms with Crippen LogP contribution in [0.5, 0.6) is 0 Å². The quantitative estimate of drug-likeness (QED) is 0.447. The summed E-state index contributed by atoms with van der Waals surface area (Å²) in [6.07, 6.45) is 1.02. The smallest absolute Gasteiger partial charge is 0.342 e. The van der Waals surface area contributed by atoms with Gasteiger partial charge in [-0.05, 0) is 74.6 Å². The highest BCUT2D eigenvalue weighted by atomic mass is 32.2. The lowest BCUT2D eigenvalue weighted by Gasteiger charge is -2.30. The zero-order valence-corrected chi connectivity index (χ0v) is 18.7. The van der Waals surface area contributed by atoms with Gasteiger partial charge in [-0.3, -0.25) is 0 Å². The summed E-state index contributed by atoms with van der Waals surface area (Å²) in [4.78, 5) is 14.0. The number of hydrogen-bond donors (Lipinski definition) is 1. The van der Waals surface area contributed by atoms with E-state index in [4.69, 9.17) is 4.74 Å². The first-order valence-corrected chi connectivity index (χ1v) is 11.2. The molecule has 2 aromatic rings. The average Bonchev–Trinajstić information content (AvgIpc) is 2.64. The number of benzene rings is 2. The molecule has 0 aromatic heterocycles. The van der Waals surface area contributed by atoms with Crippen LogP contribution in [-0.2, 0) is 9.53 Å². The summed E-state index contributed by atoms with van der Waals surface area (Å²) in [6, 6.07) is 12.6. The molecule has 0 fully saturated rings. The van der Waals surface area contributed by atoms with Crippen molar-refractivity contribution in [2.45, 2.75) is 58.5 Å². The fourth-order valence-corrected chi connectivity index (χ4v) is 5.02. The first-order chi connectivity index (χ1) is 13.8. The lowest BCUT2D eigenvalue weighted by atomic mass is 9.88. The number of aryl methyl sites for hydroxylation is 4. The molecule has 154 valence electrons. The Morgan fingerprint density at radius 3 is 2.28 bits per heavy atom. The molecule has 0 saturated heterocycles. The summed E-state index contributed by atoms with van der Waals surface area (Å²) >= 11 is 1.81. The molecule has 1 aliphatic rings. The first-order valence-electron chi connectivity index (χ1n) is 10.2. The van der Waals surface area contributed by atoms with Gasteiger partial charge in [0.15, 0.2) is 0 Å². The van der Waals surface area contributed by atoms with E-state index in [1.54, 1.807) is 0 Å². The van der Waals surface area contributed by atoms with Crippen molar-refractivity contribution in [2.75, 3.05) is 5.75 Å². The number of aliphatic hydroxyl groups is 1. The standard InChI is InChI=1S/C25H30O3S/c1-15-6-8-20(9-7-15)29-11-10-17(3)22-14-21(26)24(25(27)28-22)23-18(4)12-16(2)13-19(23)5/h6-9,12-13,17,22,26H,10-11,14H2,1-5H3. The minimum absolute atomic E-state index is 0.152. The largest absolute Gasteiger partial charge is 0.511 e. The molecule has 1 heterocycles. The fourth-order valence-electron chi connectivity index (χ4n) is 3.97. The summed E-state index contributed by atoms with van der Waals surface area (Å²) in [5, 5.41) is 10.7. The number of carbonyl (C=O) groups excluding carboxylic acids is 1. The minimum atomic E-state index is -0.410. The van der Waals surface area contributed by atoms with Gasteiger partial charge in [-0.1, -0.05) is 42.3 Å². The van der Waals surface area contributed by atoms with Crippen LogP contribution in [0.4, 0.5) is 0 Å². The highest BCUT2D eigenvalue weighted by molar-refractivity contribution is 7.99. The monoisotopic (exact) mass is 410 g/mol. The highest BCUT2D eigenvalue weighted by Gasteiger charge is 2.34. The van der Waals surface area contributed by atoms with E-state index in [9.17, 15) is 9.90 Å². The molecule has 1 N–H and O–H groups in total. The molecule has 1 aliphatic heterocycles. The molecular weight excluding hydrogens is 380 g/mol. The van der Waals surface area contributed by atoms with Crippen LogP contribution >= 0.6 is 11.8 Å². The molecule has 29 heavy (non-hydrogen) atoms. The van der Waals surface area contributed by atoms with E-state index >= 15 is 0 Å². The molecule has 0 amide bonds. The van der Waals surface area contributed by atoms with E-state index in [2.05, 4.69) is 38.1 Å². The van der Waals surface area contributed by atoms with E-state index in [1.165, 1.54) is 10.5 Å². The van der Waals surface area contributed by atoms with E-state index in [-0.39, 0.29) is 17.8 Å². The van der Waals surface area contributed by atoms with Gasteiger partial charge in [0, 0.05) is 11.3 Å². The fraction of sp³-hybridized carbons (Fsp3) is 0.400. The molecule has 0 radical (unpaired) electrons. The molecule has 0 spiro atoms. The second-order valence-corrected chi connectivity index (χ2v) is 9.34. The molecule has 0 aliphatic carbocycles. The van der Waals surface area contributed by atoms with Crippen molar-refractivity contribution in [3.05, 3.63) is 70.0 Å². The number of thioether (sulfide) groups is 1. The first kappa shape index (κ1) is 21.5. The SMILES string of the molecule is Cc1ccc(SCCC(C)C2CC(O)=C(c3c(C)cc(C)cc3C)C(=O)O2)cc1. The molecule has 2 unspecified atom stereocenters. The van der Waals surface area contributed by atoms with Gasteiger partial charge in [-0.25, -0.2) is 4.79 Å². The van der Waals surface area contributed by atoms with E-state index < -0.39 is 5.97 Å². The summed E-state index contributed by atoms with van der Waals surface area (Å²) in [7, 11) is 0. The molecule has 3 nitrogen and oxygen atoms in total. The van der Waals surface area contributed by atoms with Gasteiger partial charge in [-0.2, -0.15) is 0 Å². The molecule has 2 atom stereocenters. The van der Waals surface area contributed by atoms with Gasteiger partial charge in [-0.15, -0.1) is 11.8 Å². The van der Waals surface area contributed by atoms with Crippen LogP contribution in [0.2, 0.25) is 0 Å². The summed E-state index contributed by atoms with van der Waals surface area (Å²) in [5.41, 5.74) is 5.51. The number of aliphatic hydroxyl groups excluding tert-OH is 1. The van der Waals surface area contributed by atoms with Gasteiger partial charge in [0.2, 0.25) is 0 Å². The van der Waals surface area contributed by atoms with Crippen LogP contribution in [-0.4, -0.2) is 22.9 Å².